The third-order valence-electron chi connectivity index (χ3n) is 4.69. The normalized spacial score (nSPS) is 42.6. The smallest absolute Gasteiger partial charge is 0.0105 e. The molecule has 2 aliphatic rings. The second kappa shape index (κ2) is 4.42. The molecule has 2 heteroatoms. The van der Waals surface area contributed by atoms with E-state index in [0.717, 1.165) is 6.04 Å². The zero-order valence-electron chi connectivity index (χ0n) is 10.3. The summed E-state index contributed by atoms with van der Waals surface area (Å²) < 4.78 is 0. The van der Waals surface area contributed by atoms with Gasteiger partial charge in [0.25, 0.3) is 0 Å². The van der Waals surface area contributed by atoms with Gasteiger partial charge in [0, 0.05) is 18.6 Å². The lowest BCUT2D eigenvalue weighted by molar-refractivity contribution is 0.140. The summed E-state index contributed by atoms with van der Waals surface area (Å²) in [5.74, 6) is 0. The molecular formula is C13H26N2. The highest BCUT2D eigenvalue weighted by Gasteiger charge is 2.39. The van der Waals surface area contributed by atoms with Gasteiger partial charge >= 0.3 is 0 Å². The number of likely N-dealkylation sites (tertiary alicyclic amines) is 1. The summed E-state index contributed by atoms with van der Waals surface area (Å²) in [6.07, 6.45) is 8.02. The van der Waals surface area contributed by atoms with Crippen LogP contribution in [0.2, 0.25) is 0 Å². The molecule has 1 saturated heterocycles. The van der Waals surface area contributed by atoms with E-state index >= 15 is 0 Å². The van der Waals surface area contributed by atoms with Crippen LogP contribution >= 0.6 is 0 Å². The minimum atomic E-state index is 0.401. The second-order valence-corrected chi connectivity index (χ2v) is 5.83. The van der Waals surface area contributed by atoms with Crippen LogP contribution in [-0.4, -0.2) is 30.1 Å². The topological polar surface area (TPSA) is 29.3 Å². The summed E-state index contributed by atoms with van der Waals surface area (Å²) in [5.41, 5.74) is 6.65. The Kier molecular flexibility index (Phi) is 3.36. The third-order valence-corrected chi connectivity index (χ3v) is 4.69. The van der Waals surface area contributed by atoms with Crippen LogP contribution in [0.1, 0.15) is 52.4 Å². The molecule has 15 heavy (non-hydrogen) atoms. The minimum Gasteiger partial charge on any atom is -0.327 e. The number of hydrogen-bond donors (Lipinski definition) is 1. The minimum absolute atomic E-state index is 0.401. The predicted molar refractivity (Wildman–Crippen MR) is 64.8 cm³/mol. The maximum Gasteiger partial charge on any atom is 0.0105 e. The molecule has 0 aromatic carbocycles. The van der Waals surface area contributed by atoms with E-state index in [1.54, 1.807) is 0 Å². The van der Waals surface area contributed by atoms with Gasteiger partial charge in [-0.2, -0.15) is 0 Å². The van der Waals surface area contributed by atoms with Crippen molar-refractivity contribution >= 4 is 0 Å². The second-order valence-electron chi connectivity index (χ2n) is 5.83. The van der Waals surface area contributed by atoms with Crippen molar-refractivity contribution in [2.24, 2.45) is 11.1 Å². The largest absolute Gasteiger partial charge is 0.327 e. The molecule has 3 unspecified atom stereocenters. The molecule has 0 spiro atoms. The lowest BCUT2D eigenvalue weighted by Crippen LogP contribution is -2.45. The van der Waals surface area contributed by atoms with Gasteiger partial charge in [0.1, 0.15) is 0 Å². The Morgan fingerprint density at radius 2 is 2.13 bits per heavy atom. The molecule has 0 aromatic rings. The van der Waals surface area contributed by atoms with E-state index < -0.39 is 0 Å². The van der Waals surface area contributed by atoms with Crippen LogP contribution in [0.25, 0.3) is 0 Å². The summed E-state index contributed by atoms with van der Waals surface area (Å²) in [4.78, 5) is 2.70. The SMILES string of the molecule is CCC1CCCN1CC1(C)CCCC1N. The van der Waals surface area contributed by atoms with Gasteiger partial charge in [-0.05, 0) is 44.1 Å². The predicted octanol–water partition coefficient (Wildman–Crippen LogP) is 2.38. The van der Waals surface area contributed by atoms with E-state index in [9.17, 15) is 0 Å². The van der Waals surface area contributed by atoms with Gasteiger partial charge < -0.3 is 5.73 Å². The number of nitrogens with zero attached hydrogens (tertiary/aromatic N) is 1. The lowest BCUT2D eigenvalue weighted by atomic mass is 9.84. The molecule has 0 bridgehead atoms. The first-order valence-electron chi connectivity index (χ1n) is 6.65. The Labute approximate surface area is 94.2 Å². The van der Waals surface area contributed by atoms with Crippen molar-refractivity contribution in [2.45, 2.75) is 64.5 Å². The van der Waals surface area contributed by atoms with E-state index in [1.807, 2.05) is 0 Å². The maximum absolute atomic E-state index is 6.25. The van der Waals surface area contributed by atoms with E-state index in [1.165, 1.54) is 51.6 Å². The molecule has 1 aliphatic carbocycles. The fourth-order valence-corrected chi connectivity index (χ4v) is 3.49. The van der Waals surface area contributed by atoms with Gasteiger partial charge in [-0.25, -0.2) is 0 Å². The van der Waals surface area contributed by atoms with Crippen molar-refractivity contribution in [2.75, 3.05) is 13.1 Å². The third kappa shape index (κ3) is 2.21. The van der Waals surface area contributed by atoms with Crippen LogP contribution in [0.3, 0.4) is 0 Å². The Morgan fingerprint density at radius 3 is 2.73 bits per heavy atom. The number of nitrogens with two attached hydrogens (primary N) is 1. The summed E-state index contributed by atoms with van der Waals surface area (Å²) in [5, 5.41) is 0. The molecule has 3 atom stereocenters. The molecule has 1 aliphatic heterocycles. The average molecular weight is 210 g/mol. The number of rotatable bonds is 3. The van der Waals surface area contributed by atoms with E-state index in [-0.39, 0.29) is 0 Å². The van der Waals surface area contributed by atoms with Crippen LogP contribution < -0.4 is 5.73 Å². The zero-order chi connectivity index (χ0) is 10.9. The Morgan fingerprint density at radius 1 is 1.33 bits per heavy atom. The number of hydrogen-bond acceptors (Lipinski definition) is 2. The molecule has 1 saturated carbocycles. The first-order chi connectivity index (χ1) is 7.15. The molecule has 2 nitrogen and oxygen atoms in total. The first kappa shape index (κ1) is 11.4. The van der Waals surface area contributed by atoms with Gasteiger partial charge in [0.2, 0.25) is 0 Å². The monoisotopic (exact) mass is 210 g/mol. The van der Waals surface area contributed by atoms with E-state index in [4.69, 9.17) is 5.73 Å². The van der Waals surface area contributed by atoms with Crippen LogP contribution in [0, 0.1) is 5.41 Å². The van der Waals surface area contributed by atoms with Crippen LogP contribution in [-0.2, 0) is 0 Å². The van der Waals surface area contributed by atoms with Crippen LogP contribution in [0.4, 0.5) is 0 Å². The van der Waals surface area contributed by atoms with Crippen molar-refractivity contribution in [3.63, 3.8) is 0 Å². The van der Waals surface area contributed by atoms with Gasteiger partial charge in [-0.1, -0.05) is 20.3 Å². The quantitative estimate of drug-likeness (QED) is 0.775. The van der Waals surface area contributed by atoms with E-state index in [0.29, 0.717) is 11.5 Å². The molecule has 2 fully saturated rings. The van der Waals surface area contributed by atoms with E-state index in [2.05, 4.69) is 18.7 Å². The highest BCUT2D eigenvalue weighted by Crippen LogP contribution is 2.39. The highest BCUT2D eigenvalue weighted by atomic mass is 15.2. The van der Waals surface area contributed by atoms with Crippen molar-refractivity contribution in [1.29, 1.82) is 0 Å². The maximum atomic E-state index is 6.25. The molecule has 1 heterocycles. The molecule has 2 N–H and O–H groups in total. The summed E-state index contributed by atoms with van der Waals surface area (Å²) in [6, 6.07) is 1.28. The standard InChI is InChI=1S/C13H26N2/c1-3-11-6-5-9-15(11)10-13(2)8-4-7-12(13)14/h11-12H,3-10,14H2,1-2H3. The fourth-order valence-electron chi connectivity index (χ4n) is 3.49. The van der Waals surface area contributed by atoms with Crippen molar-refractivity contribution in [3.05, 3.63) is 0 Å². The van der Waals surface area contributed by atoms with Gasteiger partial charge in [0.05, 0.1) is 0 Å². The van der Waals surface area contributed by atoms with Gasteiger partial charge in [-0.3, -0.25) is 4.90 Å². The summed E-state index contributed by atoms with van der Waals surface area (Å²) in [6.45, 7) is 7.27. The van der Waals surface area contributed by atoms with Crippen LogP contribution in [0.15, 0.2) is 0 Å². The molecule has 0 radical (unpaired) electrons. The molecule has 2 rings (SSSR count). The molecule has 0 amide bonds. The fraction of sp³-hybridized carbons (Fsp3) is 1.00. The van der Waals surface area contributed by atoms with Crippen molar-refractivity contribution in [1.82, 2.24) is 4.90 Å². The van der Waals surface area contributed by atoms with Gasteiger partial charge in [-0.15, -0.1) is 0 Å². The first-order valence-corrected chi connectivity index (χ1v) is 6.65. The molecule has 88 valence electrons. The van der Waals surface area contributed by atoms with Crippen LogP contribution in [0.5, 0.6) is 0 Å². The summed E-state index contributed by atoms with van der Waals surface area (Å²) >= 11 is 0. The summed E-state index contributed by atoms with van der Waals surface area (Å²) in [7, 11) is 0. The van der Waals surface area contributed by atoms with Crippen molar-refractivity contribution < 1.29 is 0 Å². The Bertz CT molecular complexity index is 217. The van der Waals surface area contributed by atoms with Gasteiger partial charge in [0.15, 0.2) is 0 Å². The lowest BCUT2D eigenvalue weighted by Gasteiger charge is -2.36. The molecular weight excluding hydrogens is 184 g/mol. The Hall–Kier alpha value is -0.0800. The highest BCUT2D eigenvalue weighted by molar-refractivity contribution is 4.95. The Balaban J connectivity index is 1.95. The molecule has 0 aromatic heterocycles. The van der Waals surface area contributed by atoms with Crippen molar-refractivity contribution in [3.8, 4) is 0 Å². The zero-order valence-corrected chi connectivity index (χ0v) is 10.3. The average Bonchev–Trinajstić information content (AvgIpc) is 2.76.